The van der Waals surface area contributed by atoms with Crippen LogP contribution in [0.3, 0.4) is 0 Å². The maximum Gasteiger partial charge on any atom is 0.474 e. The van der Waals surface area contributed by atoms with E-state index in [1.807, 2.05) is 0 Å². The molecule has 0 saturated carbocycles. The average Bonchev–Trinajstić information content (AvgIpc) is 2.13. The Balaban J connectivity index is 3.85. The summed E-state index contributed by atoms with van der Waals surface area (Å²) < 4.78 is 26.2. The van der Waals surface area contributed by atoms with Gasteiger partial charge in [0.1, 0.15) is 0 Å². The first-order valence-electron chi connectivity index (χ1n) is 4.79. The Morgan fingerprint density at radius 1 is 1.20 bits per heavy atom. The fourth-order valence-corrected chi connectivity index (χ4v) is 2.04. The SMILES string of the molecule is CCOP(=O)(OCC)OCCCC(=O)O. The second kappa shape index (κ2) is 7.82. The van der Waals surface area contributed by atoms with Crippen molar-refractivity contribution >= 4 is 13.8 Å². The van der Waals surface area contributed by atoms with E-state index in [1.165, 1.54) is 0 Å². The highest BCUT2D eigenvalue weighted by Gasteiger charge is 2.24. The number of phosphoric acid groups is 1. The summed E-state index contributed by atoms with van der Waals surface area (Å²) >= 11 is 0. The van der Waals surface area contributed by atoms with E-state index < -0.39 is 13.8 Å². The van der Waals surface area contributed by atoms with E-state index >= 15 is 0 Å². The van der Waals surface area contributed by atoms with Crippen LogP contribution in [0, 0.1) is 0 Å². The van der Waals surface area contributed by atoms with Crippen molar-refractivity contribution in [1.82, 2.24) is 0 Å². The zero-order valence-electron chi connectivity index (χ0n) is 8.97. The van der Waals surface area contributed by atoms with E-state index in [0.29, 0.717) is 0 Å². The number of carboxylic acid groups (broad SMARTS) is 1. The summed E-state index contributed by atoms with van der Waals surface area (Å²) in [6, 6.07) is 0. The molecule has 0 heterocycles. The normalized spacial score (nSPS) is 11.6. The molecule has 0 aromatic carbocycles. The first-order valence-corrected chi connectivity index (χ1v) is 6.25. The summed E-state index contributed by atoms with van der Waals surface area (Å²) in [5.74, 6) is -0.916. The molecule has 0 atom stereocenters. The molecule has 0 bridgehead atoms. The molecule has 0 fully saturated rings. The van der Waals surface area contributed by atoms with Crippen LogP contribution in [-0.2, 0) is 22.9 Å². The van der Waals surface area contributed by atoms with Gasteiger partial charge in [0.15, 0.2) is 0 Å². The maximum absolute atomic E-state index is 11.6. The smallest absolute Gasteiger partial charge is 0.474 e. The molecule has 0 unspecified atom stereocenters. The van der Waals surface area contributed by atoms with Crippen LogP contribution < -0.4 is 0 Å². The highest BCUT2D eigenvalue weighted by atomic mass is 31.2. The zero-order chi connectivity index (χ0) is 11.7. The molecule has 0 aromatic heterocycles. The van der Waals surface area contributed by atoms with Gasteiger partial charge in [-0.05, 0) is 20.3 Å². The van der Waals surface area contributed by atoms with Gasteiger partial charge in [-0.2, -0.15) is 0 Å². The molecule has 0 rings (SSSR count). The lowest BCUT2D eigenvalue weighted by molar-refractivity contribution is -0.137. The van der Waals surface area contributed by atoms with Crippen molar-refractivity contribution in [3.05, 3.63) is 0 Å². The molecule has 0 spiro atoms. The fraction of sp³-hybridized carbons (Fsp3) is 0.875. The molecule has 0 saturated heterocycles. The summed E-state index contributed by atoms with van der Waals surface area (Å²) in [6.45, 7) is 3.83. The minimum absolute atomic E-state index is 0.0295. The van der Waals surface area contributed by atoms with Crippen LogP contribution in [0.5, 0.6) is 0 Å². The summed E-state index contributed by atoms with van der Waals surface area (Å²) in [5, 5.41) is 8.36. The van der Waals surface area contributed by atoms with Crippen molar-refractivity contribution in [2.75, 3.05) is 19.8 Å². The van der Waals surface area contributed by atoms with Gasteiger partial charge in [-0.3, -0.25) is 18.4 Å². The van der Waals surface area contributed by atoms with Gasteiger partial charge >= 0.3 is 13.8 Å². The van der Waals surface area contributed by atoms with Crippen LogP contribution in [0.15, 0.2) is 0 Å². The van der Waals surface area contributed by atoms with Crippen molar-refractivity contribution in [1.29, 1.82) is 0 Å². The van der Waals surface area contributed by atoms with Gasteiger partial charge in [0.2, 0.25) is 0 Å². The van der Waals surface area contributed by atoms with Crippen molar-refractivity contribution in [2.24, 2.45) is 0 Å². The largest absolute Gasteiger partial charge is 0.481 e. The van der Waals surface area contributed by atoms with E-state index in [-0.39, 0.29) is 32.7 Å². The monoisotopic (exact) mass is 240 g/mol. The molecule has 0 aliphatic carbocycles. The van der Waals surface area contributed by atoms with Crippen molar-refractivity contribution in [3.63, 3.8) is 0 Å². The predicted molar refractivity (Wildman–Crippen MR) is 53.7 cm³/mol. The molecule has 0 amide bonds. The van der Waals surface area contributed by atoms with E-state index in [0.717, 1.165) is 0 Å². The lowest BCUT2D eigenvalue weighted by atomic mass is 10.3. The van der Waals surface area contributed by atoms with Crippen LogP contribution in [0.25, 0.3) is 0 Å². The summed E-state index contributed by atoms with van der Waals surface area (Å²) in [7, 11) is -3.47. The molecular formula is C8H17O6P. The first-order chi connectivity index (χ1) is 7.04. The van der Waals surface area contributed by atoms with Gasteiger partial charge in [-0.1, -0.05) is 0 Å². The van der Waals surface area contributed by atoms with Gasteiger partial charge in [0.05, 0.1) is 19.8 Å². The minimum atomic E-state index is -3.47. The molecule has 15 heavy (non-hydrogen) atoms. The molecular weight excluding hydrogens is 223 g/mol. The highest BCUT2D eigenvalue weighted by Crippen LogP contribution is 2.49. The van der Waals surface area contributed by atoms with Crippen LogP contribution in [0.4, 0.5) is 0 Å². The van der Waals surface area contributed by atoms with Crippen molar-refractivity contribution in [2.45, 2.75) is 26.7 Å². The predicted octanol–water partition coefficient (Wildman–Crippen LogP) is 2.05. The first kappa shape index (κ1) is 14.6. The third-order valence-electron chi connectivity index (χ3n) is 1.36. The topological polar surface area (TPSA) is 82.1 Å². The maximum atomic E-state index is 11.6. The Morgan fingerprint density at radius 2 is 1.73 bits per heavy atom. The fourth-order valence-electron chi connectivity index (χ4n) is 0.828. The third kappa shape index (κ3) is 7.50. The number of rotatable bonds is 9. The molecule has 0 aliphatic heterocycles. The number of carbonyl (C=O) groups is 1. The molecule has 0 aromatic rings. The summed E-state index contributed by atoms with van der Waals surface area (Å²) in [4.78, 5) is 10.2. The van der Waals surface area contributed by atoms with E-state index in [1.54, 1.807) is 13.8 Å². The van der Waals surface area contributed by atoms with Crippen LogP contribution >= 0.6 is 7.82 Å². The quantitative estimate of drug-likeness (QED) is 0.490. The molecule has 0 aliphatic rings. The van der Waals surface area contributed by atoms with Crippen molar-refractivity contribution in [3.8, 4) is 0 Å². The Hall–Kier alpha value is -0.420. The van der Waals surface area contributed by atoms with Gasteiger partial charge in [0.25, 0.3) is 0 Å². The third-order valence-corrected chi connectivity index (χ3v) is 3.01. The minimum Gasteiger partial charge on any atom is -0.481 e. The second-order valence-corrected chi connectivity index (χ2v) is 4.28. The standard InChI is InChI=1S/C8H17O6P/c1-3-12-15(11,13-4-2)14-7-5-6-8(9)10/h3-7H2,1-2H3,(H,9,10). The Bertz CT molecular complexity index is 219. The lowest BCUT2D eigenvalue weighted by Crippen LogP contribution is -2.03. The summed E-state index contributed by atoms with van der Waals surface area (Å²) in [6.07, 6.45) is 0.248. The number of hydrogen-bond acceptors (Lipinski definition) is 5. The van der Waals surface area contributed by atoms with Gasteiger partial charge < -0.3 is 5.11 Å². The van der Waals surface area contributed by atoms with Gasteiger partial charge in [-0.15, -0.1) is 0 Å². The second-order valence-electron chi connectivity index (χ2n) is 2.61. The van der Waals surface area contributed by atoms with Crippen molar-refractivity contribution < 1.29 is 28.0 Å². The Kier molecular flexibility index (Phi) is 7.60. The lowest BCUT2D eigenvalue weighted by Gasteiger charge is -2.15. The number of aliphatic carboxylic acids is 1. The van der Waals surface area contributed by atoms with Crippen LogP contribution in [-0.4, -0.2) is 30.9 Å². The van der Waals surface area contributed by atoms with Gasteiger partial charge in [-0.25, -0.2) is 4.57 Å². The molecule has 90 valence electrons. The molecule has 0 radical (unpaired) electrons. The molecule has 7 heteroatoms. The van der Waals surface area contributed by atoms with E-state index in [2.05, 4.69) is 0 Å². The van der Waals surface area contributed by atoms with E-state index in [9.17, 15) is 9.36 Å². The molecule has 6 nitrogen and oxygen atoms in total. The van der Waals surface area contributed by atoms with Gasteiger partial charge in [0, 0.05) is 6.42 Å². The van der Waals surface area contributed by atoms with Crippen LogP contribution in [0.2, 0.25) is 0 Å². The summed E-state index contributed by atoms with van der Waals surface area (Å²) in [5.41, 5.74) is 0. The zero-order valence-corrected chi connectivity index (χ0v) is 9.87. The number of hydrogen-bond donors (Lipinski definition) is 1. The van der Waals surface area contributed by atoms with E-state index in [4.69, 9.17) is 18.7 Å². The Labute approximate surface area is 89.1 Å². The highest BCUT2D eigenvalue weighted by molar-refractivity contribution is 7.48. The number of carboxylic acids is 1. The average molecular weight is 240 g/mol. The molecule has 1 N–H and O–H groups in total. The van der Waals surface area contributed by atoms with Crippen LogP contribution in [0.1, 0.15) is 26.7 Å². The number of phosphoric ester groups is 1. The Morgan fingerprint density at radius 3 is 2.13 bits per heavy atom.